The van der Waals surface area contributed by atoms with E-state index in [0.717, 1.165) is 24.8 Å². The largest absolute Gasteiger partial charge is 0.485 e. The van der Waals surface area contributed by atoms with Crippen molar-refractivity contribution in [1.29, 1.82) is 0 Å². The SMILES string of the molecule is O=C(Nc1ncccc1OCc1ccncc1)[C@@H]1CC=CCC1. The van der Waals surface area contributed by atoms with E-state index >= 15 is 0 Å². The van der Waals surface area contributed by atoms with Gasteiger partial charge in [-0.05, 0) is 49.1 Å². The molecule has 1 amide bonds. The molecule has 0 fully saturated rings. The van der Waals surface area contributed by atoms with Gasteiger partial charge in [0.2, 0.25) is 5.91 Å². The lowest BCUT2D eigenvalue weighted by atomic mass is 9.94. The van der Waals surface area contributed by atoms with Gasteiger partial charge in [-0.2, -0.15) is 0 Å². The number of hydrogen-bond donors (Lipinski definition) is 1. The highest BCUT2D eigenvalue weighted by atomic mass is 16.5. The van der Waals surface area contributed by atoms with Crippen molar-refractivity contribution in [2.45, 2.75) is 25.9 Å². The maximum absolute atomic E-state index is 12.3. The zero-order valence-electron chi connectivity index (χ0n) is 12.8. The Kier molecular flexibility index (Phi) is 4.99. The van der Waals surface area contributed by atoms with Gasteiger partial charge in [-0.15, -0.1) is 0 Å². The van der Waals surface area contributed by atoms with Crippen LogP contribution < -0.4 is 10.1 Å². The molecule has 0 saturated carbocycles. The molecule has 0 aromatic carbocycles. The Bertz CT molecular complexity index is 686. The van der Waals surface area contributed by atoms with Crippen LogP contribution in [0.4, 0.5) is 5.82 Å². The minimum absolute atomic E-state index is 0.00168. The lowest BCUT2D eigenvalue weighted by molar-refractivity contribution is -0.120. The second kappa shape index (κ2) is 7.54. The number of anilines is 1. The van der Waals surface area contributed by atoms with Gasteiger partial charge in [0.15, 0.2) is 11.6 Å². The molecule has 118 valence electrons. The molecule has 0 spiro atoms. The van der Waals surface area contributed by atoms with Crippen LogP contribution in [0.2, 0.25) is 0 Å². The number of allylic oxidation sites excluding steroid dienone is 2. The molecule has 23 heavy (non-hydrogen) atoms. The van der Waals surface area contributed by atoms with E-state index < -0.39 is 0 Å². The first-order valence-corrected chi connectivity index (χ1v) is 7.75. The predicted molar refractivity (Wildman–Crippen MR) is 87.9 cm³/mol. The van der Waals surface area contributed by atoms with Crippen LogP contribution in [0.25, 0.3) is 0 Å². The number of carbonyl (C=O) groups is 1. The van der Waals surface area contributed by atoms with Gasteiger partial charge in [0.05, 0.1) is 0 Å². The summed E-state index contributed by atoms with van der Waals surface area (Å²) in [7, 11) is 0. The lowest BCUT2D eigenvalue weighted by Crippen LogP contribution is -2.24. The minimum atomic E-state index is 0.00168. The van der Waals surface area contributed by atoms with Gasteiger partial charge in [-0.3, -0.25) is 9.78 Å². The molecule has 2 heterocycles. The van der Waals surface area contributed by atoms with E-state index in [1.165, 1.54) is 0 Å². The van der Waals surface area contributed by atoms with Gasteiger partial charge in [0.25, 0.3) is 0 Å². The maximum Gasteiger partial charge on any atom is 0.229 e. The molecule has 3 rings (SSSR count). The first-order chi connectivity index (χ1) is 11.3. The Morgan fingerprint density at radius 1 is 1.22 bits per heavy atom. The number of rotatable bonds is 5. The molecule has 1 aliphatic rings. The summed E-state index contributed by atoms with van der Waals surface area (Å²) in [6, 6.07) is 7.39. The number of pyridine rings is 2. The molecule has 0 unspecified atom stereocenters. The van der Waals surface area contributed by atoms with Crippen molar-refractivity contribution in [3.8, 4) is 5.75 Å². The van der Waals surface area contributed by atoms with Crippen molar-refractivity contribution in [1.82, 2.24) is 9.97 Å². The molecule has 0 aliphatic heterocycles. The van der Waals surface area contributed by atoms with Gasteiger partial charge in [0.1, 0.15) is 6.61 Å². The number of aromatic nitrogens is 2. The Morgan fingerprint density at radius 2 is 2.09 bits per heavy atom. The van der Waals surface area contributed by atoms with Gasteiger partial charge in [-0.1, -0.05) is 12.2 Å². The summed E-state index contributed by atoms with van der Waals surface area (Å²) in [4.78, 5) is 20.6. The molecule has 2 aromatic heterocycles. The van der Waals surface area contributed by atoms with Crippen molar-refractivity contribution >= 4 is 11.7 Å². The first kappa shape index (κ1) is 15.2. The fourth-order valence-corrected chi connectivity index (χ4v) is 2.49. The zero-order valence-corrected chi connectivity index (χ0v) is 12.8. The molecule has 1 aliphatic carbocycles. The van der Waals surface area contributed by atoms with Gasteiger partial charge < -0.3 is 10.1 Å². The summed E-state index contributed by atoms with van der Waals surface area (Å²) in [5.41, 5.74) is 1.01. The Morgan fingerprint density at radius 3 is 2.87 bits per heavy atom. The van der Waals surface area contributed by atoms with Crippen LogP contribution in [-0.2, 0) is 11.4 Å². The van der Waals surface area contributed by atoms with Crippen molar-refractivity contribution in [2.24, 2.45) is 5.92 Å². The Labute approximate surface area is 135 Å². The highest BCUT2D eigenvalue weighted by molar-refractivity contribution is 5.93. The van der Waals surface area contributed by atoms with Crippen LogP contribution in [0.3, 0.4) is 0 Å². The van der Waals surface area contributed by atoms with E-state index in [-0.39, 0.29) is 11.8 Å². The van der Waals surface area contributed by atoms with Crippen molar-refractivity contribution < 1.29 is 9.53 Å². The van der Waals surface area contributed by atoms with Crippen LogP contribution in [0, 0.1) is 5.92 Å². The molecule has 2 aromatic rings. The van der Waals surface area contributed by atoms with E-state index in [4.69, 9.17) is 4.74 Å². The van der Waals surface area contributed by atoms with Crippen molar-refractivity contribution in [3.63, 3.8) is 0 Å². The average molecular weight is 309 g/mol. The monoisotopic (exact) mass is 309 g/mol. The standard InChI is InChI=1S/C18H19N3O2/c22-18(15-5-2-1-3-6-15)21-17-16(7-4-10-20-17)23-13-14-8-11-19-12-9-14/h1-2,4,7-12,15H,3,5-6,13H2,(H,20,21,22)/t15-/m1/s1. The predicted octanol–water partition coefficient (Wildman–Crippen LogP) is 3.35. The third-order valence-corrected chi connectivity index (χ3v) is 3.80. The summed E-state index contributed by atoms with van der Waals surface area (Å²) >= 11 is 0. The van der Waals surface area contributed by atoms with E-state index in [9.17, 15) is 4.79 Å². The normalized spacial score (nSPS) is 16.8. The third kappa shape index (κ3) is 4.16. The Balaban J connectivity index is 1.65. The van der Waals surface area contributed by atoms with Crippen molar-refractivity contribution in [2.75, 3.05) is 5.32 Å². The van der Waals surface area contributed by atoms with E-state index in [1.54, 1.807) is 24.7 Å². The fourth-order valence-electron chi connectivity index (χ4n) is 2.49. The molecule has 5 nitrogen and oxygen atoms in total. The summed E-state index contributed by atoms with van der Waals surface area (Å²) in [5, 5.41) is 2.90. The highest BCUT2D eigenvalue weighted by Gasteiger charge is 2.20. The number of nitrogens with zero attached hydrogens (tertiary/aromatic N) is 2. The van der Waals surface area contributed by atoms with Crippen LogP contribution in [0.5, 0.6) is 5.75 Å². The summed E-state index contributed by atoms with van der Waals surface area (Å²) in [6.45, 7) is 0.406. The number of ether oxygens (including phenoxy) is 1. The van der Waals surface area contributed by atoms with E-state index in [2.05, 4.69) is 27.4 Å². The molecule has 0 saturated heterocycles. The average Bonchev–Trinajstić information content (AvgIpc) is 2.62. The first-order valence-electron chi connectivity index (χ1n) is 7.75. The van der Waals surface area contributed by atoms with Gasteiger partial charge >= 0.3 is 0 Å². The summed E-state index contributed by atoms with van der Waals surface area (Å²) in [6.07, 6.45) is 11.9. The molecule has 5 heteroatoms. The smallest absolute Gasteiger partial charge is 0.229 e. The van der Waals surface area contributed by atoms with Crippen LogP contribution in [-0.4, -0.2) is 15.9 Å². The summed E-state index contributed by atoms with van der Waals surface area (Å²) < 4.78 is 5.79. The molecule has 1 atom stereocenters. The molecular weight excluding hydrogens is 290 g/mol. The number of nitrogens with one attached hydrogen (secondary N) is 1. The fraction of sp³-hybridized carbons (Fsp3) is 0.278. The molecule has 0 radical (unpaired) electrons. The maximum atomic E-state index is 12.3. The number of carbonyl (C=O) groups excluding carboxylic acids is 1. The zero-order chi connectivity index (χ0) is 15.9. The Hall–Kier alpha value is -2.69. The minimum Gasteiger partial charge on any atom is -0.485 e. The third-order valence-electron chi connectivity index (χ3n) is 3.80. The van der Waals surface area contributed by atoms with E-state index in [0.29, 0.717) is 18.2 Å². The summed E-state index contributed by atoms with van der Waals surface area (Å²) in [5.74, 6) is 1.06. The van der Waals surface area contributed by atoms with Crippen LogP contribution in [0.1, 0.15) is 24.8 Å². The quantitative estimate of drug-likeness (QED) is 0.860. The second-order valence-electron chi connectivity index (χ2n) is 5.46. The highest BCUT2D eigenvalue weighted by Crippen LogP contribution is 2.25. The van der Waals surface area contributed by atoms with Crippen LogP contribution in [0.15, 0.2) is 55.0 Å². The lowest BCUT2D eigenvalue weighted by Gasteiger charge is -2.18. The molecule has 0 bridgehead atoms. The second-order valence-corrected chi connectivity index (χ2v) is 5.46. The van der Waals surface area contributed by atoms with Gasteiger partial charge in [0, 0.05) is 24.5 Å². The van der Waals surface area contributed by atoms with E-state index in [1.807, 2.05) is 18.2 Å². The van der Waals surface area contributed by atoms with Crippen LogP contribution >= 0.6 is 0 Å². The topological polar surface area (TPSA) is 64.1 Å². The molecular formula is C18H19N3O2. The molecule has 1 N–H and O–H groups in total. The number of amides is 1. The van der Waals surface area contributed by atoms with Gasteiger partial charge in [-0.25, -0.2) is 4.98 Å². The van der Waals surface area contributed by atoms with Crippen molar-refractivity contribution in [3.05, 3.63) is 60.6 Å². The number of hydrogen-bond acceptors (Lipinski definition) is 4.